The molecule has 3 rings (SSSR count). The summed E-state index contributed by atoms with van der Waals surface area (Å²) >= 11 is 0. The van der Waals surface area contributed by atoms with E-state index in [4.69, 9.17) is 0 Å². The van der Waals surface area contributed by atoms with Crippen LogP contribution in [0.15, 0.2) is 12.1 Å². The van der Waals surface area contributed by atoms with Crippen molar-refractivity contribution < 1.29 is 9.28 Å². The number of amides is 1. The second-order valence-corrected chi connectivity index (χ2v) is 7.88. The molecule has 2 fully saturated rings. The highest BCUT2D eigenvalue weighted by atomic mass is 16.2. The van der Waals surface area contributed by atoms with Crippen molar-refractivity contribution in [3.05, 3.63) is 28.8 Å². The summed E-state index contributed by atoms with van der Waals surface area (Å²) in [5.41, 5.74) is 4.90. The van der Waals surface area contributed by atoms with Crippen LogP contribution in [0.1, 0.15) is 62.6 Å². The molecular formula is C22H37N2O+. The van der Waals surface area contributed by atoms with Gasteiger partial charge in [0.05, 0.1) is 20.1 Å². The maximum Gasteiger partial charge on any atom is 0.285 e. The first-order valence-corrected chi connectivity index (χ1v) is 10.2. The molecule has 2 saturated heterocycles. The lowest BCUT2D eigenvalue weighted by atomic mass is 10.0. The molecule has 1 aromatic carbocycles. The van der Waals surface area contributed by atoms with Gasteiger partial charge in [0, 0.05) is 18.7 Å². The van der Waals surface area contributed by atoms with Crippen LogP contribution in [0.4, 0.5) is 5.69 Å². The van der Waals surface area contributed by atoms with Crippen LogP contribution in [0.25, 0.3) is 0 Å². The van der Waals surface area contributed by atoms with Gasteiger partial charge in [-0.3, -0.25) is 4.79 Å². The van der Waals surface area contributed by atoms with Crippen LogP contribution in [-0.4, -0.2) is 43.1 Å². The smallest absolute Gasteiger partial charge is 0.285 e. The van der Waals surface area contributed by atoms with Crippen molar-refractivity contribution in [2.45, 2.75) is 72.8 Å². The third-order valence-corrected chi connectivity index (χ3v) is 5.92. The third kappa shape index (κ3) is 4.08. The molecule has 0 saturated carbocycles. The zero-order chi connectivity index (χ0) is 18.6. The largest absolute Gasteiger partial charge is 0.316 e. The van der Waals surface area contributed by atoms with Crippen LogP contribution in [0.3, 0.4) is 0 Å². The highest BCUT2D eigenvalue weighted by Crippen LogP contribution is 2.34. The van der Waals surface area contributed by atoms with Crippen molar-refractivity contribution in [2.24, 2.45) is 0 Å². The fourth-order valence-electron chi connectivity index (χ4n) is 4.79. The van der Waals surface area contributed by atoms with Crippen LogP contribution < -0.4 is 4.90 Å². The lowest BCUT2D eigenvalue weighted by Crippen LogP contribution is -2.56. The first kappa shape index (κ1) is 20.0. The monoisotopic (exact) mass is 345 g/mol. The van der Waals surface area contributed by atoms with Gasteiger partial charge in [0.15, 0.2) is 6.04 Å². The minimum absolute atomic E-state index is 0.160. The molecule has 2 aliphatic heterocycles. The standard InChI is InChI=1S/C20H31N2O.C2H6/c1-15-13-16(2)19(17(3)14-15)21-10-9-18(20(21)23)22(4)11-7-5-6-8-12-22;1-2/h13-14,18H,5-12H2,1-4H3;1-2H3/q+1;. The number of hydrogen-bond donors (Lipinski definition) is 0. The highest BCUT2D eigenvalue weighted by Gasteiger charge is 2.45. The topological polar surface area (TPSA) is 20.3 Å². The Hall–Kier alpha value is -1.35. The van der Waals surface area contributed by atoms with Gasteiger partial charge in [-0.05, 0) is 57.6 Å². The van der Waals surface area contributed by atoms with Gasteiger partial charge >= 0.3 is 0 Å². The van der Waals surface area contributed by atoms with E-state index in [0.717, 1.165) is 36.2 Å². The third-order valence-electron chi connectivity index (χ3n) is 5.92. The summed E-state index contributed by atoms with van der Waals surface area (Å²) in [6, 6.07) is 4.56. The molecule has 2 aliphatic rings. The van der Waals surface area contributed by atoms with Crippen LogP contribution >= 0.6 is 0 Å². The van der Waals surface area contributed by atoms with E-state index in [1.54, 1.807) is 0 Å². The van der Waals surface area contributed by atoms with Crippen LogP contribution in [0.5, 0.6) is 0 Å². The molecule has 0 spiro atoms. The summed E-state index contributed by atoms with van der Waals surface area (Å²) in [5, 5.41) is 0. The zero-order valence-electron chi connectivity index (χ0n) is 17.2. The Bertz CT molecular complexity index is 577. The molecule has 3 nitrogen and oxygen atoms in total. The number of carbonyl (C=O) groups excluding carboxylic acids is 1. The second-order valence-electron chi connectivity index (χ2n) is 7.88. The first-order chi connectivity index (χ1) is 11.9. The summed E-state index contributed by atoms with van der Waals surface area (Å²) in [7, 11) is 2.31. The van der Waals surface area contributed by atoms with Crippen LogP contribution in [0.2, 0.25) is 0 Å². The van der Waals surface area contributed by atoms with Gasteiger partial charge in [-0.25, -0.2) is 0 Å². The summed E-state index contributed by atoms with van der Waals surface area (Å²) in [6.07, 6.45) is 6.19. The van der Waals surface area contributed by atoms with Gasteiger partial charge in [-0.15, -0.1) is 0 Å². The van der Waals surface area contributed by atoms with E-state index in [2.05, 4.69) is 44.9 Å². The van der Waals surface area contributed by atoms with E-state index < -0.39 is 0 Å². The molecule has 3 heteroatoms. The van der Waals surface area contributed by atoms with Crippen LogP contribution in [-0.2, 0) is 4.79 Å². The SMILES string of the molecule is CC.Cc1cc(C)c(N2CCC([N+]3(C)CCCCCC3)C2=O)c(C)c1. The number of quaternary nitrogens is 1. The fourth-order valence-corrected chi connectivity index (χ4v) is 4.79. The molecule has 140 valence electrons. The van der Waals surface area contributed by atoms with Gasteiger partial charge in [-0.1, -0.05) is 31.5 Å². The molecule has 1 atom stereocenters. The number of aryl methyl sites for hydroxylation is 3. The number of rotatable bonds is 2. The highest BCUT2D eigenvalue weighted by molar-refractivity contribution is 6.00. The Labute approximate surface area is 154 Å². The quantitative estimate of drug-likeness (QED) is 0.707. The molecule has 0 N–H and O–H groups in total. The predicted molar refractivity (Wildman–Crippen MR) is 107 cm³/mol. The maximum atomic E-state index is 13.2. The Morgan fingerprint density at radius 3 is 2.00 bits per heavy atom. The van der Waals surface area contributed by atoms with Crippen LogP contribution in [0, 0.1) is 20.8 Å². The van der Waals surface area contributed by atoms with Crippen molar-refractivity contribution in [1.29, 1.82) is 0 Å². The Kier molecular flexibility index (Phi) is 6.67. The number of nitrogens with zero attached hydrogens (tertiary/aromatic N) is 2. The van der Waals surface area contributed by atoms with Gasteiger partial charge in [0.2, 0.25) is 0 Å². The van der Waals surface area contributed by atoms with Gasteiger partial charge in [0.25, 0.3) is 5.91 Å². The van der Waals surface area contributed by atoms with E-state index in [0.29, 0.717) is 5.91 Å². The Morgan fingerprint density at radius 2 is 1.48 bits per heavy atom. The van der Waals surface area contributed by atoms with E-state index in [9.17, 15) is 4.79 Å². The average molecular weight is 346 g/mol. The molecular weight excluding hydrogens is 308 g/mol. The molecule has 1 amide bonds. The number of carbonyl (C=O) groups is 1. The minimum Gasteiger partial charge on any atom is -0.316 e. The summed E-state index contributed by atoms with van der Waals surface area (Å²) in [4.78, 5) is 15.3. The molecule has 0 bridgehead atoms. The molecule has 1 aromatic rings. The van der Waals surface area contributed by atoms with Gasteiger partial charge in [0.1, 0.15) is 0 Å². The zero-order valence-corrected chi connectivity index (χ0v) is 17.2. The Morgan fingerprint density at radius 1 is 0.960 bits per heavy atom. The number of likely N-dealkylation sites (N-methyl/N-ethyl adjacent to an activating group) is 1. The summed E-state index contributed by atoms with van der Waals surface area (Å²) < 4.78 is 0.958. The molecule has 2 heterocycles. The average Bonchev–Trinajstić information content (AvgIpc) is 2.80. The Balaban J connectivity index is 0.00000109. The van der Waals surface area contributed by atoms with E-state index in [1.807, 2.05) is 13.8 Å². The van der Waals surface area contributed by atoms with E-state index >= 15 is 0 Å². The van der Waals surface area contributed by atoms with Crippen molar-refractivity contribution in [3.63, 3.8) is 0 Å². The fraction of sp³-hybridized carbons (Fsp3) is 0.682. The molecule has 25 heavy (non-hydrogen) atoms. The lowest BCUT2D eigenvalue weighted by Gasteiger charge is -2.38. The van der Waals surface area contributed by atoms with E-state index in [1.165, 1.54) is 42.4 Å². The number of likely N-dealkylation sites (tertiary alicyclic amines) is 1. The van der Waals surface area contributed by atoms with Gasteiger partial charge < -0.3 is 9.38 Å². The molecule has 0 aromatic heterocycles. The van der Waals surface area contributed by atoms with Crippen molar-refractivity contribution in [3.8, 4) is 0 Å². The molecule has 1 unspecified atom stereocenters. The lowest BCUT2D eigenvalue weighted by molar-refractivity contribution is -0.923. The summed E-state index contributed by atoms with van der Waals surface area (Å²) in [5.74, 6) is 0.351. The molecule has 0 radical (unpaired) electrons. The normalized spacial score (nSPS) is 23.0. The predicted octanol–water partition coefficient (Wildman–Crippen LogP) is 4.76. The second kappa shape index (κ2) is 8.35. The summed E-state index contributed by atoms with van der Waals surface area (Å²) in [6.45, 7) is 13.6. The maximum absolute atomic E-state index is 13.2. The van der Waals surface area contributed by atoms with Crippen molar-refractivity contribution >= 4 is 11.6 Å². The van der Waals surface area contributed by atoms with Gasteiger partial charge in [-0.2, -0.15) is 0 Å². The number of anilines is 1. The first-order valence-electron chi connectivity index (χ1n) is 10.2. The minimum atomic E-state index is 0.160. The number of hydrogen-bond acceptors (Lipinski definition) is 1. The van der Waals surface area contributed by atoms with Crippen molar-refractivity contribution in [1.82, 2.24) is 0 Å². The van der Waals surface area contributed by atoms with E-state index in [-0.39, 0.29) is 6.04 Å². The van der Waals surface area contributed by atoms with Crippen molar-refractivity contribution in [2.75, 3.05) is 31.6 Å². The number of benzene rings is 1. The molecule has 0 aliphatic carbocycles.